The number of amides is 2. The van der Waals surface area contributed by atoms with Crippen molar-refractivity contribution in [2.45, 2.75) is 24.6 Å². The first-order valence-corrected chi connectivity index (χ1v) is 8.41. The second kappa shape index (κ2) is 5.13. The van der Waals surface area contributed by atoms with Crippen LogP contribution in [0.15, 0.2) is 30.5 Å². The van der Waals surface area contributed by atoms with Crippen molar-refractivity contribution in [3.63, 3.8) is 0 Å². The molecule has 5 heterocycles. The van der Waals surface area contributed by atoms with Crippen LogP contribution in [-0.2, 0) is 9.53 Å². The van der Waals surface area contributed by atoms with Crippen molar-refractivity contribution in [3.05, 3.63) is 36.2 Å². The minimum Gasteiger partial charge on any atom is -0.351 e. The van der Waals surface area contributed by atoms with Gasteiger partial charge in [0, 0.05) is 25.7 Å². The lowest BCUT2D eigenvalue weighted by molar-refractivity contribution is -0.136. The van der Waals surface area contributed by atoms with E-state index in [2.05, 4.69) is 15.2 Å². The van der Waals surface area contributed by atoms with Crippen LogP contribution in [0.1, 0.15) is 23.3 Å². The van der Waals surface area contributed by atoms with Crippen LogP contribution in [0, 0.1) is 0 Å². The van der Waals surface area contributed by atoms with Gasteiger partial charge in [-0.1, -0.05) is 6.07 Å². The van der Waals surface area contributed by atoms with E-state index in [0.717, 1.165) is 0 Å². The summed E-state index contributed by atoms with van der Waals surface area (Å²) in [5, 5.41) is 7.01. The zero-order valence-corrected chi connectivity index (χ0v) is 13.5. The van der Waals surface area contributed by atoms with Crippen molar-refractivity contribution in [3.8, 4) is 11.4 Å². The van der Waals surface area contributed by atoms with E-state index in [4.69, 9.17) is 4.74 Å². The lowest BCUT2D eigenvalue weighted by Gasteiger charge is -2.31. The average Bonchev–Trinajstić information content (AvgIpc) is 3.38. The van der Waals surface area contributed by atoms with Gasteiger partial charge >= 0.3 is 0 Å². The van der Waals surface area contributed by atoms with Crippen molar-refractivity contribution >= 4 is 11.8 Å². The van der Waals surface area contributed by atoms with Crippen LogP contribution >= 0.6 is 0 Å². The Bertz CT molecular complexity index is 851. The summed E-state index contributed by atoms with van der Waals surface area (Å²) in [4.78, 5) is 33.0. The predicted octanol–water partition coefficient (Wildman–Crippen LogP) is 0.645. The fourth-order valence-corrected chi connectivity index (χ4v) is 4.27. The Morgan fingerprint density at radius 2 is 2.24 bits per heavy atom. The molecule has 1 N–H and O–H groups in total. The van der Waals surface area contributed by atoms with Crippen molar-refractivity contribution in [1.29, 1.82) is 0 Å². The second-order valence-electron chi connectivity index (χ2n) is 6.59. The molecule has 0 unspecified atom stereocenters. The molecular weight excluding hydrogens is 322 g/mol. The van der Waals surface area contributed by atoms with Crippen LogP contribution in [0.2, 0.25) is 0 Å². The summed E-state index contributed by atoms with van der Waals surface area (Å²) in [6, 6.07) is 7.03. The molecule has 2 atom stereocenters. The zero-order valence-electron chi connectivity index (χ0n) is 13.5. The number of nitrogens with zero attached hydrogens (tertiary/aromatic N) is 4. The quantitative estimate of drug-likeness (QED) is 0.867. The van der Waals surface area contributed by atoms with Crippen molar-refractivity contribution in [2.75, 3.05) is 19.7 Å². The molecule has 3 saturated heterocycles. The summed E-state index contributed by atoms with van der Waals surface area (Å²) in [7, 11) is 0. The molecule has 2 aromatic heterocycles. The van der Waals surface area contributed by atoms with Gasteiger partial charge in [0.1, 0.15) is 11.4 Å². The lowest BCUT2D eigenvalue weighted by atomic mass is 10.1. The molecule has 8 heteroatoms. The van der Waals surface area contributed by atoms with E-state index in [0.29, 0.717) is 49.6 Å². The average molecular weight is 339 g/mol. The number of aromatic nitrogens is 3. The van der Waals surface area contributed by atoms with Gasteiger partial charge in [0.15, 0.2) is 5.72 Å². The molecule has 1 spiro atoms. The molecule has 5 rings (SSSR count). The summed E-state index contributed by atoms with van der Waals surface area (Å²) in [6.07, 6.45) is 2.68. The standard InChI is InChI=1S/C17H17N5O3/c23-15-10-14-17(22(15)7-8-25-17)4-6-21(14)16(24)13-9-12(19-20-13)11-3-1-2-5-18-11/h1-3,5,9,14H,4,6-8,10H2,(H,19,20)/t14-,17+/m1/s1. The highest BCUT2D eigenvalue weighted by molar-refractivity contribution is 5.95. The summed E-state index contributed by atoms with van der Waals surface area (Å²) < 4.78 is 5.93. The first-order valence-electron chi connectivity index (χ1n) is 8.41. The largest absolute Gasteiger partial charge is 0.351 e. The molecule has 3 aliphatic heterocycles. The molecule has 0 aromatic carbocycles. The number of aromatic amines is 1. The smallest absolute Gasteiger partial charge is 0.272 e. The Hall–Kier alpha value is -2.74. The Kier molecular flexibility index (Phi) is 2.99. The monoisotopic (exact) mass is 339 g/mol. The van der Waals surface area contributed by atoms with Crippen LogP contribution in [0.3, 0.4) is 0 Å². The molecule has 8 nitrogen and oxygen atoms in total. The van der Waals surface area contributed by atoms with Gasteiger partial charge in [-0.15, -0.1) is 0 Å². The molecule has 0 radical (unpaired) electrons. The number of carbonyl (C=O) groups excluding carboxylic acids is 2. The third-order valence-electron chi connectivity index (χ3n) is 5.40. The van der Waals surface area contributed by atoms with Crippen LogP contribution in [0.25, 0.3) is 11.4 Å². The van der Waals surface area contributed by atoms with Gasteiger partial charge in [0.2, 0.25) is 5.91 Å². The Morgan fingerprint density at radius 3 is 3.08 bits per heavy atom. The van der Waals surface area contributed by atoms with Crippen molar-refractivity contribution in [2.24, 2.45) is 0 Å². The fourth-order valence-electron chi connectivity index (χ4n) is 4.27. The van der Waals surface area contributed by atoms with E-state index >= 15 is 0 Å². The summed E-state index contributed by atoms with van der Waals surface area (Å²) in [5.41, 5.74) is 1.12. The van der Waals surface area contributed by atoms with Gasteiger partial charge in [-0.25, -0.2) is 0 Å². The molecule has 3 fully saturated rings. The maximum absolute atomic E-state index is 13.0. The fraction of sp³-hybridized carbons (Fsp3) is 0.412. The first kappa shape index (κ1) is 14.6. The molecule has 0 saturated carbocycles. The van der Waals surface area contributed by atoms with Crippen LogP contribution in [0.5, 0.6) is 0 Å². The zero-order chi connectivity index (χ0) is 17.0. The maximum Gasteiger partial charge on any atom is 0.272 e. The topological polar surface area (TPSA) is 91.4 Å². The highest BCUT2D eigenvalue weighted by Crippen LogP contribution is 2.45. The van der Waals surface area contributed by atoms with E-state index in [-0.39, 0.29) is 17.9 Å². The number of nitrogens with one attached hydrogen (secondary N) is 1. The van der Waals surface area contributed by atoms with Crippen LogP contribution in [0.4, 0.5) is 0 Å². The van der Waals surface area contributed by atoms with Gasteiger partial charge in [-0.3, -0.25) is 19.7 Å². The molecule has 3 aliphatic rings. The van der Waals surface area contributed by atoms with E-state index in [1.54, 1.807) is 22.1 Å². The van der Waals surface area contributed by atoms with E-state index < -0.39 is 5.72 Å². The number of carbonyl (C=O) groups is 2. The van der Waals surface area contributed by atoms with Crippen LogP contribution in [-0.4, -0.2) is 68.3 Å². The van der Waals surface area contributed by atoms with Crippen LogP contribution < -0.4 is 0 Å². The van der Waals surface area contributed by atoms with Gasteiger partial charge in [0.25, 0.3) is 5.91 Å². The number of pyridine rings is 1. The number of H-pyrrole nitrogens is 1. The lowest BCUT2D eigenvalue weighted by Crippen LogP contribution is -2.48. The molecule has 25 heavy (non-hydrogen) atoms. The summed E-state index contributed by atoms with van der Waals surface area (Å²) in [6.45, 7) is 1.73. The molecule has 2 amide bonds. The molecule has 128 valence electrons. The van der Waals surface area contributed by atoms with Gasteiger partial charge in [-0.2, -0.15) is 5.10 Å². The maximum atomic E-state index is 13.0. The SMILES string of the molecule is O=C(c1cc(-c2ccccn2)n[nH]1)N1CC[C@@]23OCCN2C(=O)C[C@@H]13. The predicted molar refractivity (Wildman–Crippen MR) is 86.3 cm³/mol. The van der Waals surface area contributed by atoms with Gasteiger partial charge in [-0.05, 0) is 18.2 Å². The normalized spacial score (nSPS) is 27.7. The number of hydrogen-bond donors (Lipinski definition) is 1. The van der Waals surface area contributed by atoms with E-state index in [1.165, 1.54) is 0 Å². The highest BCUT2D eigenvalue weighted by atomic mass is 16.5. The third kappa shape index (κ3) is 1.97. The Balaban J connectivity index is 1.42. The Morgan fingerprint density at radius 1 is 1.32 bits per heavy atom. The van der Waals surface area contributed by atoms with Crippen molar-refractivity contribution in [1.82, 2.24) is 25.0 Å². The summed E-state index contributed by atoms with van der Waals surface area (Å²) in [5.74, 6) is -0.0829. The number of ether oxygens (including phenoxy) is 1. The number of hydrogen-bond acceptors (Lipinski definition) is 5. The van der Waals surface area contributed by atoms with E-state index in [1.807, 2.05) is 18.2 Å². The van der Waals surface area contributed by atoms with Gasteiger partial charge in [0.05, 0.1) is 24.8 Å². The molecular formula is C17H17N5O3. The minimum absolute atomic E-state index is 0.0683. The summed E-state index contributed by atoms with van der Waals surface area (Å²) >= 11 is 0. The highest BCUT2D eigenvalue weighted by Gasteiger charge is 2.63. The Labute approximate surface area is 143 Å². The molecule has 0 aliphatic carbocycles. The second-order valence-corrected chi connectivity index (χ2v) is 6.59. The number of likely N-dealkylation sites (tertiary alicyclic amines) is 1. The number of rotatable bonds is 2. The first-order chi connectivity index (χ1) is 12.2. The third-order valence-corrected chi connectivity index (χ3v) is 5.40. The minimum atomic E-state index is -0.615. The van der Waals surface area contributed by atoms with E-state index in [9.17, 15) is 9.59 Å². The molecule has 0 bridgehead atoms. The van der Waals surface area contributed by atoms with Crippen molar-refractivity contribution < 1.29 is 14.3 Å². The van der Waals surface area contributed by atoms with Gasteiger partial charge < -0.3 is 14.5 Å². The molecule has 2 aromatic rings.